The molecule has 3 nitrogen and oxygen atoms in total. The van der Waals surface area contributed by atoms with Crippen LogP contribution in [0.2, 0.25) is 0 Å². The van der Waals surface area contributed by atoms with Gasteiger partial charge < -0.3 is 5.32 Å². The maximum atomic E-state index is 13.3. The molecule has 0 spiro atoms. The van der Waals surface area contributed by atoms with E-state index in [0.29, 0.717) is 0 Å². The number of aromatic nitrogens is 2. The van der Waals surface area contributed by atoms with E-state index in [1.165, 1.54) is 12.1 Å². The van der Waals surface area contributed by atoms with Crippen LogP contribution in [-0.4, -0.2) is 9.97 Å². The predicted octanol–water partition coefficient (Wildman–Crippen LogP) is 3.10. The Hall–Kier alpha value is -1.31. The van der Waals surface area contributed by atoms with Gasteiger partial charge in [0.2, 0.25) is 5.95 Å². The molecule has 82 valence electrons. The maximum Gasteiger partial charge on any atom is 0.227 e. The van der Waals surface area contributed by atoms with E-state index >= 15 is 0 Å². The molecule has 0 fully saturated rings. The fourth-order valence-electron chi connectivity index (χ4n) is 1.10. The zero-order valence-electron chi connectivity index (χ0n) is 7.92. The van der Waals surface area contributed by atoms with Gasteiger partial charge in [0.05, 0.1) is 5.69 Å². The number of halogens is 3. The number of hydrogen-bond donors (Lipinski definition) is 1. The fourth-order valence-corrected chi connectivity index (χ4v) is 1.38. The highest BCUT2D eigenvalue weighted by molar-refractivity contribution is 14.1. The van der Waals surface area contributed by atoms with Gasteiger partial charge in [-0.2, -0.15) is 0 Å². The van der Waals surface area contributed by atoms with Crippen molar-refractivity contribution in [3.05, 3.63) is 45.8 Å². The predicted molar refractivity (Wildman–Crippen MR) is 64.4 cm³/mol. The summed E-state index contributed by atoms with van der Waals surface area (Å²) in [6, 6.07) is 3.88. The average Bonchev–Trinajstić information content (AvgIpc) is 2.28. The van der Waals surface area contributed by atoms with Crippen molar-refractivity contribution in [3.8, 4) is 0 Å². The minimum absolute atomic E-state index is 0.0150. The molecule has 2 rings (SSSR count). The lowest BCUT2D eigenvalue weighted by atomic mass is 10.3. The number of hydrogen-bond acceptors (Lipinski definition) is 3. The van der Waals surface area contributed by atoms with Gasteiger partial charge in [-0.25, -0.2) is 18.7 Å². The number of anilines is 2. The van der Waals surface area contributed by atoms with Gasteiger partial charge in [0, 0.05) is 16.0 Å². The van der Waals surface area contributed by atoms with Gasteiger partial charge in [0.25, 0.3) is 0 Å². The van der Waals surface area contributed by atoms with Gasteiger partial charge in [-0.1, -0.05) is 6.07 Å². The summed E-state index contributed by atoms with van der Waals surface area (Å²) in [5.74, 6) is -1.62. The molecule has 0 saturated carbocycles. The normalized spacial score (nSPS) is 10.2. The van der Waals surface area contributed by atoms with Gasteiger partial charge in [-0.3, -0.25) is 0 Å². The molecule has 0 aliphatic heterocycles. The van der Waals surface area contributed by atoms with Crippen molar-refractivity contribution in [2.75, 3.05) is 5.32 Å². The first-order valence-corrected chi connectivity index (χ1v) is 5.43. The minimum atomic E-state index is -0.940. The third kappa shape index (κ3) is 2.43. The first-order chi connectivity index (χ1) is 7.66. The topological polar surface area (TPSA) is 37.8 Å². The average molecular weight is 333 g/mol. The number of nitrogens with one attached hydrogen (secondary N) is 1. The smallest absolute Gasteiger partial charge is 0.227 e. The molecule has 2 aromatic rings. The number of rotatable bonds is 2. The lowest BCUT2D eigenvalue weighted by Gasteiger charge is -2.05. The second-order valence-electron chi connectivity index (χ2n) is 2.95. The van der Waals surface area contributed by atoms with E-state index < -0.39 is 11.6 Å². The van der Waals surface area contributed by atoms with E-state index in [2.05, 4.69) is 37.9 Å². The SMILES string of the molecule is Fc1cccc(Nc2ncc(I)cn2)c1F. The third-order valence-corrected chi connectivity index (χ3v) is 2.38. The molecular formula is C10H6F2IN3. The monoisotopic (exact) mass is 333 g/mol. The molecule has 0 radical (unpaired) electrons. The summed E-state index contributed by atoms with van der Waals surface area (Å²) in [5, 5.41) is 2.60. The highest BCUT2D eigenvalue weighted by Gasteiger charge is 2.08. The molecule has 0 saturated heterocycles. The molecule has 1 aromatic carbocycles. The maximum absolute atomic E-state index is 13.3. The highest BCUT2D eigenvalue weighted by Crippen LogP contribution is 2.19. The van der Waals surface area contributed by atoms with E-state index in [4.69, 9.17) is 0 Å². The fraction of sp³-hybridized carbons (Fsp3) is 0. The highest BCUT2D eigenvalue weighted by atomic mass is 127. The van der Waals surface area contributed by atoms with Crippen LogP contribution in [0.1, 0.15) is 0 Å². The summed E-state index contributed by atoms with van der Waals surface area (Å²) in [4.78, 5) is 7.85. The standard InChI is InChI=1S/C10H6F2IN3/c11-7-2-1-3-8(9(7)12)16-10-14-4-6(13)5-15-10/h1-5H,(H,14,15,16). The molecule has 6 heteroatoms. The van der Waals surface area contributed by atoms with Crippen LogP contribution in [0, 0.1) is 15.2 Å². The molecule has 0 aliphatic carbocycles. The quantitative estimate of drug-likeness (QED) is 0.859. The Balaban J connectivity index is 2.27. The summed E-state index contributed by atoms with van der Waals surface area (Å²) in [7, 11) is 0. The largest absolute Gasteiger partial charge is 0.322 e. The van der Waals surface area contributed by atoms with Crippen molar-refractivity contribution in [1.29, 1.82) is 0 Å². The van der Waals surface area contributed by atoms with Crippen LogP contribution in [0.25, 0.3) is 0 Å². The zero-order chi connectivity index (χ0) is 11.5. The second kappa shape index (κ2) is 4.69. The molecule has 0 aliphatic rings. The van der Waals surface area contributed by atoms with Crippen LogP contribution >= 0.6 is 22.6 Å². The van der Waals surface area contributed by atoms with E-state index in [9.17, 15) is 8.78 Å². The Labute approximate surface area is 104 Å². The Morgan fingerprint density at radius 1 is 1.12 bits per heavy atom. The van der Waals surface area contributed by atoms with Crippen LogP contribution in [-0.2, 0) is 0 Å². The molecular weight excluding hydrogens is 327 g/mol. The Morgan fingerprint density at radius 3 is 2.50 bits per heavy atom. The van der Waals surface area contributed by atoms with Crippen molar-refractivity contribution in [2.45, 2.75) is 0 Å². The van der Waals surface area contributed by atoms with Crippen LogP contribution in [0.4, 0.5) is 20.4 Å². The molecule has 1 aromatic heterocycles. The van der Waals surface area contributed by atoms with Crippen LogP contribution in [0.15, 0.2) is 30.6 Å². The van der Waals surface area contributed by atoms with Crippen molar-refractivity contribution < 1.29 is 8.78 Å². The first-order valence-electron chi connectivity index (χ1n) is 4.35. The van der Waals surface area contributed by atoms with E-state index in [1.807, 2.05) is 0 Å². The number of benzene rings is 1. The lowest BCUT2D eigenvalue weighted by Crippen LogP contribution is -2.00. The molecule has 0 atom stereocenters. The van der Waals surface area contributed by atoms with Crippen molar-refractivity contribution in [2.24, 2.45) is 0 Å². The molecule has 1 N–H and O–H groups in total. The van der Waals surface area contributed by atoms with E-state index in [-0.39, 0.29) is 11.6 Å². The summed E-state index contributed by atoms with van der Waals surface area (Å²) in [6.45, 7) is 0. The third-order valence-electron chi connectivity index (χ3n) is 1.82. The van der Waals surface area contributed by atoms with Gasteiger partial charge in [0.15, 0.2) is 11.6 Å². The van der Waals surface area contributed by atoms with Crippen LogP contribution < -0.4 is 5.32 Å². The van der Waals surface area contributed by atoms with Gasteiger partial charge in [0.1, 0.15) is 0 Å². The van der Waals surface area contributed by atoms with Crippen LogP contribution in [0.3, 0.4) is 0 Å². The second-order valence-corrected chi connectivity index (χ2v) is 4.20. The summed E-state index contributed by atoms with van der Waals surface area (Å²) in [6.07, 6.45) is 3.15. The summed E-state index contributed by atoms with van der Waals surface area (Å²) < 4.78 is 27.0. The molecule has 0 unspecified atom stereocenters. The van der Waals surface area contributed by atoms with Gasteiger partial charge >= 0.3 is 0 Å². The van der Waals surface area contributed by atoms with Gasteiger partial charge in [-0.15, -0.1) is 0 Å². The molecule has 1 heterocycles. The molecule has 0 bridgehead atoms. The first kappa shape index (κ1) is 11.2. The summed E-state index contributed by atoms with van der Waals surface area (Å²) in [5.41, 5.74) is 0.0150. The van der Waals surface area contributed by atoms with E-state index in [0.717, 1.165) is 9.64 Å². The number of nitrogens with zero attached hydrogens (tertiary/aromatic N) is 2. The van der Waals surface area contributed by atoms with Crippen molar-refractivity contribution in [3.63, 3.8) is 0 Å². The van der Waals surface area contributed by atoms with E-state index in [1.54, 1.807) is 12.4 Å². The van der Waals surface area contributed by atoms with Crippen molar-refractivity contribution in [1.82, 2.24) is 9.97 Å². The molecule has 16 heavy (non-hydrogen) atoms. The Kier molecular flexibility index (Phi) is 3.28. The van der Waals surface area contributed by atoms with Gasteiger partial charge in [-0.05, 0) is 34.7 Å². The van der Waals surface area contributed by atoms with Crippen LogP contribution in [0.5, 0.6) is 0 Å². The Bertz CT molecular complexity index is 502. The Morgan fingerprint density at radius 2 is 1.81 bits per heavy atom. The minimum Gasteiger partial charge on any atom is -0.322 e. The molecule has 0 amide bonds. The van der Waals surface area contributed by atoms with Crippen molar-refractivity contribution >= 4 is 34.2 Å². The zero-order valence-corrected chi connectivity index (χ0v) is 10.1. The lowest BCUT2D eigenvalue weighted by molar-refractivity contribution is 0.511. The summed E-state index contributed by atoms with van der Waals surface area (Å²) >= 11 is 2.05.